The van der Waals surface area contributed by atoms with Crippen LogP contribution in [0, 0.1) is 5.92 Å². The van der Waals surface area contributed by atoms with Crippen molar-refractivity contribution in [2.24, 2.45) is 5.92 Å². The summed E-state index contributed by atoms with van der Waals surface area (Å²) in [5.74, 6) is -0.293. The molecular formula is C11H16BrNO2S. The molecule has 0 spiro atoms. The van der Waals surface area contributed by atoms with Crippen molar-refractivity contribution in [3.8, 4) is 0 Å². The Balaban J connectivity index is 2.58. The zero-order chi connectivity index (χ0) is 12.1. The molecule has 0 bridgehead atoms. The number of thiophene rings is 1. The van der Waals surface area contributed by atoms with Gasteiger partial charge in [0.25, 0.3) is 0 Å². The Morgan fingerprint density at radius 1 is 1.62 bits per heavy atom. The van der Waals surface area contributed by atoms with Crippen LogP contribution in [0.5, 0.6) is 0 Å². The molecule has 90 valence electrons. The number of halogens is 1. The summed E-state index contributed by atoms with van der Waals surface area (Å²) in [7, 11) is 0. The van der Waals surface area contributed by atoms with Gasteiger partial charge in [0.1, 0.15) is 0 Å². The fourth-order valence-corrected chi connectivity index (χ4v) is 3.04. The molecule has 0 saturated carbocycles. The van der Waals surface area contributed by atoms with Gasteiger partial charge in [0.2, 0.25) is 0 Å². The summed E-state index contributed by atoms with van der Waals surface area (Å²) in [5, 5.41) is 10.9. The van der Waals surface area contributed by atoms with Gasteiger partial charge < -0.3 is 5.11 Å². The van der Waals surface area contributed by atoms with Crippen molar-refractivity contribution >= 4 is 33.2 Å². The summed E-state index contributed by atoms with van der Waals surface area (Å²) in [4.78, 5) is 13.9. The van der Waals surface area contributed by atoms with Crippen molar-refractivity contribution in [3.05, 3.63) is 20.8 Å². The Labute approximate surface area is 108 Å². The van der Waals surface area contributed by atoms with E-state index in [0.717, 1.165) is 11.0 Å². The van der Waals surface area contributed by atoms with Gasteiger partial charge in [-0.1, -0.05) is 13.8 Å². The first-order chi connectivity index (χ1) is 7.47. The molecule has 16 heavy (non-hydrogen) atoms. The smallest absolute Gasteiger partial charge is 0.317 e. The third-order valence-electron chi connectivity index (χ3n) is 1.98. The zero-order valence-electron chi connectivity index (χ0n) is 9.44. The fraction of sp³-hybridized carbons (Fsp3) is 0.545. The van der Waals surface area contributed by atoms with Crippen molar-refractivity contribution in [1.82, 2.24) is 4.90 Å². The molecule has 0 aliphatic rings. The molecule has 0 fully saturated rings. The van der Waals surface area contributed by atoms with Gasteiger partial charge in [-0.05, 0) is 27.9 Å². The van der Waals surface area contributed by atoms with Gasteiger partial charge in [-0.3, -0.25) is 9.69 Å². The maximum atomic E-state index is 10.7. The molecule has 5 heteroatoms. The molecule has 0 radical (unpaired) electrons. The number of nitrogens with zero attached hydrogens (tertiary/aromatic N) is 1. The second kappa shape index (κ2) is 6.37. The van der Waals surface area contributed by atoms with Gasteiger partial charge in [0, 0.05) is 27.8 Å². The lowest BCUT2D eigenvalue weighted by Crippen LogP contribution is -2.32. The van der Waals surface area contributed by atoms with Crippen LogP contribution in [0.4, 0.5) is 0 Å². The number of carboxylic acid groups (broad SMARTS) is 1. The summed E-state index contributed by atoms with van der Waals surface area (Å²) in [6.07, 6.45) is 0. The van der Waals surface area contributed by atoms with E-state index in [2.05, 4.69) is 29.8 Å². The van der Waals surface area contributed by atoms with E-state index in [1.807, 2.05) is 16.3 Å². The zero-order valence-corrected chi connectivity index (χ0v) is 11.8. The number of hydrogen-bond donors (Lipinski definition) is 1. The van der Waals surface area contributed by atoms with Crippen molar-refractivity contribution in [3.63, 3.8) is 0 Å². The number of carboxylic acids is 1. The molecule has 0 atom stereocenters. The van der Waals surface area contributed by atoms with Crippen LogP contribution in [-0.4, -0.2) is 29.1 Å². The molecule has 0 aliphatic carbocycles. The highest BCUT2D eigenvalue weighted by Crippen LogP contribution is 2.21. The highest BCUT2D eigenvalue weighted by molar-refractivity contribution is 9.10. The lowest BCUT2D eigenvalue weighted by atomic mass is 10.2. The van der Waals surface area contributed by atoms with Crippen molar-refractivity contribution in [2.45, 2.75) is 20.4 Å². The molecule has 0 aromatic carbocycles. The van der Waals surface area contributed by atoms with E-state index >= 15 is 0 Å². The topological polar surface area (TPSA) is 40.5 Å². The molecule has 1 rings (SSSR count). The molecule has 0 unspecified atom stereocenters. The lowest BCUT2D eigenvalue weighted by Gasteiger charge is -2.21. The second-order valence-electron chi connectivity index (χ2n) is 4.19. The van der Waals surface area contributed by atoms with Gasteiger partial charge in [-0.25, -0.2) is 0 Å². The fourth-order valence-electron chi connectivity index (χ4n) is 1.55. The number of aliphatic carboxylic acids is 1. The predicted octanol–water partition coefficient (Wildman–Crippen LogP) is 3.05. The van der Waals surface area contributed by atoms with Gasteiger partial charge in [0.05, 0.1) is 6.54 Å². The van der Waals surface area contributed by atoms with Crippen LogP contribution >= 0.6 is 27.3 Å². The van der Waals surface area contributed by atoms with E-state index in [9.17, 15) is 4.79 Å². The third-order valence-corrected chi connectivity index (χ3v) is 3.67. The standard InChI is InChI=1S/C11H16BrNO2S/c1-8(2)4-13(6-11(14)15)5-10-3-9(12)7-16-10/h3,7-8H,4-6H2,1-2H3,(H,14,15). The Morgan fingerprint density at radius 2 is 2.31 bits per heavy atom. The van der Waals surface area contributed by atoms with E-state index < -0.39 is 5.97 Å². The van der Waals surface area contributed by atoms with E-state index in [-0.39, 0.29) is 6.54 Å². The minimum Gasteiger partial charge on any atom is -0.480 e. The number of carbonyl (C=O) groups is 1. The minimum absolute atomic E-state index is 0.105. The van der Waals surface area contributed by atoms with Gasteiger partial charge in [-0.2, -0.15) is 0 Å². The average molecular weight is 306 g/mol. The van der Waals surface area contributed by atoms with Crippen molar-refractivity contribution < 1.29 is 9.90 Å². The molecule has 0 aliphatic heterocycles. The van der Waals surface area contributed by atoms with Crippen LogP contribution in [-0.2, 0) is 11.3 Å². The molecule has 1 aromatic rings. The van der Waals surface area contributed by atoms with Crippen LogP contribution in [0.3, 0.4) is 0 Å². The number of rotatable bonds is 6. The summed E-state index contributed by atoms with van der Waals surface area (Å²) < 4.78 is 1.06. The quantitative estimate of drug-likeness (QED) is 0.878. The minimum atomic E-state index is -0.767. The van der Waals surface area contributed by atoms with Crippen molar-refractivity contribution in [1.29, 1.82) is 0 Å². The summed E-state index contributed by atoms with van der Waals surface area (Å²) in [6.45, 7) is 5.81. The largest absolute Gasteiger partial charge is 0.480 e. The number of hydrogen-bond acceptors (Lipinski definition) is 3. The molecule has 0 amide bonds. The van der Waals surface area contributed by atoms with E-state index in [1.165, 1.54) is 4.88 Å². The molecule has 1 heterocycles. The van der Waals surface area contributed by atoms with Crippen LogP contribution < -0.4 is 0 Å². The highest BCUT2D eigenvalue weighted by Gasteiger charge is 2.12. The van der Waals surface area contributed by atoms with Crippen LogP contribution in [0.2, 0.25) is 0 Å². The first-order valence-corrected chi connectivity index (χ1v) is 6.81. The van der Waals surface area contributed by atoms with Crippen LogP contribution in [0.1, 0.15) is 18.7 Å². The molecule has 3 nitrogen and oxygen atoms in total. The first kappa shape index (κ1) is 13.7. The van der Waals surface area contributed by atoms with E-state index in [0.29, 0.717) is 12.5 Å². The van der Waals surface area contributed by atoms with Crippen LogP contribution in [0.15, 0.2) is 15.9 Å². The maximum Gasteiger partial charge on any atom is 0.317 e. The SMILES string of the molecule is CC(C)CN(CC(=O)O)Cc1cc(Br)cs1. The summed E-state index contributed by atoms with van der Waals surface area (Å²) in [6, 6.07) is 2.04. The Bertz CT molecular complexity index is 352. The molecule has 1 aromatic heterocycles. The Kier molecular flexibility index (Phi) is 5.44. The van der Waals surface area contributed by atoms with Gasteiger partial charge in [0.15, 0.2) is 0 Å². The Morgan fingerprint density at radius 3 is 2.75 bits per heavy atom. The van der Waals surface area contributed by atoms with Gasteiger partial charge >= 0.3 is 5.97 Å². The lowest BCUT2D eigenvalue weighted by molar-refractivity contribution is -0.138. The molecule has 0 saturated heterocycles. The Hall–Kier alpha value is -0.390. The van der Waals surface area contributed by atoms with E-state index in [1.54, 1.807) is 11.3 Å². The normalized spacial score (nSPS) is 11.3. The monoisotopic (exact) mass is 305 g/mol. The van der Waals surface area contributed by atoms with Gasteiger partial charge in [-0.15, -0.1) is 11.3 Å². The average Bonchev–Trinajstić information content (AvgIpc) is 2.48. The molecular weight excluding hydrogens is 290 g/mol. The third kappa shape index (κ3) is 5.09. The predicted molar refractivity (Wildman–Crippen MR) is 69.8 cm³/mol. The maximum absolute atomic E-state index is 10.7. The molecule has 1 N–H and O–H groups in total. The summed E-state index contributed by atoms with van der Waals surface area (Å²) in [5.41, 5.74) is 0. The van der Waals surface area contributed by atoms with Crippen molar-refractivity contribution in [2.75, 3.05) is 13.1 Å². The second-order valence-corrected chi connectivity index (χ2v) is 6.10. The first-order valence-electron chi connectivity index (χ1n) is 5.14. The van der Waals surface area contributed by atoms with Crippen LogP contribution in [0.25, 0.3) is 0 Å². The highest BCUT2D eigenvalue weighted by atomic mass is 79.9. The summed E-state index contributed by atoms with van der Waals surface area (Å²) >= 11 is 5.05. The van der Waals surface area contributed by atoms with E-state index in [4.69, 9.17) is 5.11 Å².